The normalized spacial score (nSPS) is 37.7. The first kappa shape index (κ1) is 20.5. The first-order chi connectivity index (χ1) is 14.4. The Labute approximate surface area is 180 Å². The number of fused-ring (bicyclic) bond motifs is 1. The Morgan fingerprint density at radius 3 is 2.80 bits per heavy atom. The maximum Gasteiger partial charge on any atom is 0.217 e. The summed E-state index contributed by atoms with van der Waals surface area (Å²) in [4.78, 5) is 14.5. The zero-order valence-corrected chi connectivity index (χ0v) is 18.7. The zero-order chi connectivity index (χ0) is 20.9. The molecule has 2 aliphatic carbocycles. The average molecular weight is 413 g/mol. The number of ether oxygens (including phenoxy) is 2. The Morgan fingerprint density at radius 2 is 2.03 bits per heavy atom. The lowest BCUT2D eigenvalue weighted by molar-refractivity contribution is -0.136. The van der Waals surface area contributed by atoms with Crippen LogP contribution in [0.3, 0.4) is 0 Å². The summed E-state index contributed by atoms with van der Waals surface area (Å²) >= 11 is 0. The van der Waals surface area contributed by atoms with E-state index in [1.807, 2.05) is 0 Å². The quantitative estimate of drug-likeness (QED) is 0.822. The van der Waals surface area contributed by atoms with E-state index in [1.165, 1.54) is 24.0 Å². The molecule has 4 aliphatic rings. The number of carbonyl (C=O) groups is 1. The lowest BCUT2D eigenvalue weighted by Crippen LogP contribution is -2.58. The van der Waals surface area contributed by atoms with Crippen LogP contribution in [0, 0.1) is 22.7 Å². The molecule has 5 atom stereocenters. The molecule has 1 aromatic rings. The van der Waals surface area contributed by atoms with Gasteiger partial charge in [-0.3, -0.25) is 9.69 Å². The highest BCUT2D eigenvalue weighted by atomic mass is 16.5. The van der Waals surface area contributed by atoms with Gasteiger partial charge in [-0.25, -0.2) is 0 Å². The lowest BCUT2D eigenvalue weighted by atomic mass is 9.59. The summed E-state index contributed by atoms with van der Waals surface area (Å²) in [7, 11) is 0. The molecule has 5 nitrogen and oxygen atoms in total. The smallest absolute Gasteiger partial charge is 0.217 e. The molecular weight excluding hydrogens is 376 g/mol. The number of benzene rings is 1. The standard InChI is InChI=1S/C25H36N2O3/c1-17(28)26-23-24(2,3)20-14-21-22(30-10-7-25(21,23)15-20)19-6-4-5-18(13-19)16-27-8-11-29-12-9-27/h4-6,13,20-23H,7-12,14-16H2,1-3H3,(H,26,28)/t20-,21-,22-,23+,25?/m1/s1. The molecule has 2 aliphatic heterocycles. The first-order valence-electron chi connectivity index (χ1n) is 11.7. The van der Waals surface area contributed by atoms with Gasteiger partial charge in [-0.2, -0.15) is 0 Å². The number of carbonyl (C=O) groups excluding carboxylic acids is 1. The van der Waals surface area contributed by atoms with Crippen molar-refractivity contribution >= 4 is 5.91 Å². The Bertz CT molecular complexity index is 803. The highest BCUT2D eigenvalue weighted by molar-refractivity contribution is 5.73. The highest BCUT2D eigenvalue weighted by Crippen LogP contribution is 2.70. The summed E-state index contributed by atoms with van der Waals surface area (Å²) in [6.45, 7) is 11.8. The molecule has 1 aromatic carbocycles. The molecule has 4 fully saturated rings. The number of rotatable bonds is 4. The Kier molecular flexibility index (Phi) is 5.19. The summed E-state index contributed by atoms with van der Waals surface area (Å²) in [5.74, 6) is 1.24. The number of morpholine rings is 1. The third-order valence-corrected chi connectivity index (χ3v) is 8.64. The van der Waals surface area contributed by atoms with E-state index in [4.69, 9.17) is 9.47 Å². The Morgan fingerprint density at radius 1 is 1.23 bits per heavy atom. The van der Waals surface area contributed by atoms with Gasteiger partial charge < -0.3 is 14.8 Å². The highest BCUT2D eigenvalue weighted by Gasteiger charge is 2.68. The molecule has 5 rings (SSSR count). The van der Waals surface area contributed by atoms with Crippen molar-refractivity contribution in [3.05, 3.63) is 35.4 Å². The molecule has 164 valence electrons. The minimum absolute atomic E-state index is 0.101. The molecule has 2 saturated heterocycles. The summed E-state index contributed by atoms with van der Waals surface area (Å²) in [5, 5.41) is 3.38. The minimum atomic E-state index is 0.101. The van der Waals surface area contributed by atoms with Crippen molar-refractivity contribution in [1.29, 1.82) is 0 Å². The van der Waals surface area contributed by atoms with Gasteiger partial charge in [-0.15, -0.1) is 0 Å². The molecule has 2 heterocycles. The second-order valence-electron chi connectivity index (χ2n) is 10.6. The topological polar surface area (TPSA) is 50.8 Å². The molecule has 0 radical (unpaired) electrons. The molecule has 1 N–H and O–H groups in total. The summed E-state index contributed by atoms with van der Waals surface area (Å²) in [6.07, 6.45) is 3.64. The predicted molar refractivity (Wildman–Crippen MR) is 116 cm³/mol. The molecule has 30 heavy (non-hydrogen) atoms. The van der Waals surface area contributed by atoms with E-state index in [-0.39, 0.29) is 28.9 Å². The zero-order valence-electron chi connectivity index (χ0n) is 18.7. The molecule has 5 heteroatoms. The van der Waals surface area contributed by atoms with Gasteiger partial charge in [-0.1, -0.05) is 38.1 Å². The second-order valence-corrected chi connectivity index (χ2v) is 10.6. The monoisotopic (exact) mass is 412 g/mol. The molecule has 1 spiro atoms. The van der Waals surface area contributed by atoms with E-state index in [9.17, 15) is 4.79 Å². The van der Waals surface area contributed by atoms with Crippen molar-refractivity contribution in [2.75, 3.05) is 32.9 Å². The predicted octanol–water partition coefficient (Wildman–Crippen LogP) is 3.54. The number of amides is 1. The number of nitrogens with one attached hydrogen (secondary N) is 1. The number of hydrogen-bond acceptors (Lipinski definition) is 4. The van der Waals surface area contributed by atoms with Crippen LogP contribution in [0.25, 0.3) is 0 Å². The number of hydrogen-bond donors (Lipinski definition) is 1. The SMILES string of the molecule is CC(=O)N[C@H]1C(C)(C)[C@@H]2C[C@@H]3[C@@H](c4cccc(CN5CCOCC5)c4)OCCC31C2. The Balaban J connectivity index is 1.40. The van der Waals surface area contributed by atoms with Gasteiger partial charge in [0, 0.05) is 39.2 Å². The first-order valence-corrected chi connectivity index (χ1v) is 11.7. The van der Waals surface area contributed by atoms with Gasteiger partial charge in [0.15, 0.2) is 0 Å². The number of nitrogens with zero attached hydrogens (tertiary/aromatic N) is 1. The van der Waals surface area contributed by atoms with Crippen LogP contribution < -0.4 is 5.32 Å². The van der Waals surface area contributed by atoms with Crippen LogP contribution in [0.1, 0.15) is 57.3 Å². The molecule has 2 bridgehead atoms. The van der Waals surface area contributed by atoms with Gasteiger partial charge in [0.25, 0.3) is 0 Å². The van der Waals surface area contributed by atoms with Crippen molar-refractivity contribution in [1.82, 2.24) is 10.2 Å². The minimum Gasteiger partial charge on any atom is -0.379 e. The third kappa shape index (κ3) is 3.30. The maximum absolute atomic E-state index is 12.1. The van der Waals surface area contributed by atoms with Crippen LogP contribution in [0.15, 0.2) is 24.3 Å². The van der Waals surface area contributed by atoms with Gasteiger partial charge in [0.2, 0.25) is 5.91 Å². The van der Waals surface area contributed by atoms with Crippen LogP contribution >= 0.6 is 0 Å². The van der Waals surface area contributed by atoms with Gasteiger partial charge in [0.05, 0.1) is 19.3 Å². The van der Waals surface area contributed by atoms with E-state index < -0.39 is 0 Å². The summed E-state index contributed by atoms with van der Waals surface area (Å²) in [6, 6.07) is 9.29. The largest absolute Gasteiger partial charge is 0.379 e. The van der Waals surface area contributed by atoms with Crippen LogP contribution in [-0.2, 0) is 20.8 Å². The fourth-order valence-electron chi connectivity index (χ4n) is 7.21. The van der Waals surface area contributed by atoms with E-state index in [0.29, 0.717) is 11.8 Å². The van der Waals surface area contributed by atoms with E-state index in [2.05, 4.69) is 48.3 Å². The van der Waals surface area contributed by atoms with Crippen molar-refractivity contribution in [3.63, 3.8) is 0 Å². The third-order valence-electron chi connectivity index (χ3n) is 8.64. The Hall–Kier alpha value is -1.43. The van der Waals surface area contributed by atoms with Crippen molar-refractivity contribution in [2.24, 2.45) is 22.7 Å². The summed E-state index contributed by atoms with van der Waals surface area (Å²) in [5.41, 5.74) is 3.00. The molecule has 0 aromatic heterocycles. The van der Waals surface area contributed by atoms with Crippen molar-refractivity contribution in [3.8, 4) is 0 Å². The van der Waals surface area contributed by atoms with Gasteiger partial charge in [-0.05, 0) is 53.1 Å². The molecule has 2 saturated carbocycles. The second kappa shape index (κ2) is 7.61. The van der Waals surface area contributed by atoms with Crippen LogP contribution in [0.2, 0.25) is 0 Å². The molecular formula is C25H36N2O3. The van der Waals surface area contributed by atoms with Crippen LogP contribution in [-0.4, -0.2) is 49.8 Å². The summed E-state index contributed by atoms with van der Waals surface area (Å²) < 4.78 is 11.9. The fourth-order valence-corrected chi connectivity index (χ4v) is 7.21. The fraction of sp³-hybridized carbons (Fsp3) is 0.720. The van der Waals surface area contributed by atoms with E-state index in [1.54, 1.807) is 6.92 Å². The molecule has 1 unspecified atom stereocenters. The van der Waals surface area contributed by atoms with Crippen molar-refractivity contribution < 1.29 is 14.3 Å². The van der Waals surface area contributed by atoms with E-state index >= 15 is 0 Å². The van der Waals surface area contributed by atoms with E-state index in [0.717, 1.165) is 45.9 Å². The van der Waals surface area contributed by atoms with Crippen molar-refractivity contribution in [2.45, 2.75) is 58.7 Å². The van der Waals surface area contributed by atoms with Crippen LogP contribution in [0.5, 0.6) is 0 Å². The van der Waals surface area contributed by atoms with Gasteiger partial charge >= 0.3 is 0 Å². The molecule has 1 amide bonds. The van der Waals surface area contributed by atoms with Gasteiger partial charge in [0.1, 0.15) is 0 Å². The lowest BCUT2D eigenvalue weighted by Gasteiger charge is -2.53. The maximum atomic E-state index is 12.1. The van der Waals surface area contributed by atoms with Crippen LogP contribution in [0.4, 0.5) is 0 Å². The average Bonchev–Trinajstić information content (AvgIpc) is 3.21.